The molecule has 0 spiro atoms. The van der Waals surface area contributed by atoms with Crippen LogP contribution in [0.2, 0.25) is 0 Å². The van der Waals surface area contributed by atoms with E-state index in [0.29, 0.717) is 0 Å². The van der Waals surface area contributed by atoms with Gasteiger partial charge in [-0.1, -0.05) is 0 Å². The minimum Gasteiger partial charge on any atom is -0.403 e. The van der Waals surface area contributed by atoms with Crippen molar-refractivity contribution in [3.05, 3.63) is 23.7 Å². The monoisotopic (exact) mass is 181 g/mol. The molecule has 1 rings (SSSR count). The molecule has 0 aliphatic carbocycles. The molecule has 1 atom stereocenters. The van der Waals surface area contributed by atoms with Crippen molar-refractivity contribution in [2.24, 2.45) is 10.7 Å². The van der Waals surface area contributed by atoms with E-state index in [4.69, 9.17) is 5.73 Å². The maximum absolute atomic E-state index is 5.43. The molecule has 72 valence electrons. The number of nitrogens with two attached hydrogens (primary N) is 1. The molecule has 1 aliphatic rings. The summed E-state index contributed by atoms with van der Waals surface area (Å²) in [5, 5.41) is 9.01. The summed E-state index contributed by atoms with van der Waals surface area (Å²) in [6.45, 7) is 0. The summed E-state index contributed by atoms with van der Waals surface area (Å²) in [6, 6.07) is 0. The number of hydrogen-bond donors (Lipinski definition) is 4. The molecule has 5 N–H and O–H groups in total. The predicted octanol–water partition coefficient (Wildman–Crippen LogP) is -0.933. The minimum absolute atomic E-state index is 0.0135. The average Bonchev–Trinajstić information content (AvgIpc) is 2.20. The van der Waals surface area contributed by atoms with Gasteiger partial charge in [0.05, 0.1) is 17.7 Å². The second-order valence-corrected chi connectivity index (χ2v) is 2.57. The smallest absolute Gasteiger partial charge is 0.122 e. The molecule has 5 heteroatoms. The molecule has 0 fully saturated rings. The molecule has 0 saturated heterocycles. The topological polar surface area (TPSA) is 74.5 Å². The Hall–Kier alpha value is -1.49. The van der Waals surface area contributed by atoms with Crippen LogP contribution in [0.1, 0.15) is 0 Å². The van der Waals surface area contributed by atoms with E-state index < -0.39 is 0 Å². The lowest BCUT2D eigenvalue weighted by Gasteiger charge is -2.17. The van der Waals surface area contributed by atoms with E-state index in [1.807, 2.05) is 20.2 Å². The third-order valence-electron chi connectivity index (χ3n) is 1.80. The van der Waals surface area contributed by atoms with Gasteiger partial charge in [0.1, 0.15) is 6.17 Å². The number of nitrogens with zero attached hydrogens (tertiary/aromatic N) is 1. The molecule has 0 aromatic rings. The van der Waals surface area contributed by atoms with E-state index in [1.54, 1.807) is 6.34 Å². The zero-order valence-electron chi connectivity index (χ0n) is 7.83. The Balaban J connectivity index is 2.75. The Morgan fingerprint density at radius 1 is 1.69 bits per heavy atom. The van der Waals surface area contributed by atoms with Crippen molar-refractivity contribution in [2.45, 2.75) is 6.17 Å². The van der Waals surface area contributed by atoms with Gasteiger partial charge in [-0.3, -0.25) is 10.3 Å². The van der Waals surface area contributed by atoms with Gasteiger partial charge >= 0.3 is 0 Å². The number of hydrogen-bond acceptors (Lipinski definition) is 5. The molecule has 0 bridgehead atoms. The molecule has 0 aromatic heterocycles. The molecule has 0 amide bonds. The van der Waals surface area contributed by atoms with Gasteiger partial charge in [-0.05, 0) is 13.1 Å². The highest BCUT2D eigenvalue weighted by Gasteiger charge is 2.09. The third kappa shape index (κ3) is 2.22. The molecule has 0 aromatic carbocycles. The largest absolute Gasteiger partial charge is 0.403 e. The lowest BCUT2D eigenvalue weighted by molar-refractivity contribution is 0.681. The first-order valence-corrected chi connectivity index (χ1v) is 4.09. The van der Waals surface area contributed by atoms with Gasteiger partial charge in [0.25, 0.3) is 0 Å². The van der Waals surface area contributed by atoms with E-state index in [1.165, 1.54) is 6.20 Å². The zero-order valence-corrected chi connectivity index (χ0v) is 7.83. The highest BCUT2D eigenvalue weighted by atomic mass is 15.1. The normalized spacial score (nSPS) is 22.2. The molecule has 5 nitrogen and oxygen atoms in total. The van der Waals surface area contributed by atoms with E-state index in [-0.39, 0.29) is 6.17 Å². The van der Waals surface area contributed by atoms with Gasteiger partial charge in [-0.15, -0.1) is 0 Å². The van der Waals surface area contributed by atoms with E-state index >= 15 is 0 Å². The fourth-order valence-corrected chi connectivity index (χ4v) is 1.07. The highest BCUT2D eigenvalue weighted by molar-refractivity contribution is 5.62. The van der Waals surface area contributed by atoms with E-state index in [9.17, 15) is 0 Å². The Morgan fingerprint density at radius 3 is 3.00 bits per heavy atom. The third-order valence-corrected chi connectivity index (χ3v) is 1.80. The molecule has 13 heavy (non-hydrogen) atoms. The highest BCUT2D eigenvalue weighted by Crippen LogP contribution is 2.05. The van der Waals surface area contributed by atoms with E-state index in [2.05, 4.69) is 20.9 Å². The maximum atomic E-state index is 5.43. The van der Waals surface area contributed by atoms with Gasteiger partial charge in [-0.2, -0.15) is 0 Å². The van der Waals surface area contributed by atoms with Crippen LogP contribution >= 0.6 is 0 Å². The van der Waals surface area contributed by atoms with Crippen LogP contribution in [0.5, 0.6) is 0 Å². The molecule has 0 saturated carbocycles. The Labute approximate surface area is 77.8 Å². The number of likely N-dealkylation sites (N-methyl/N-ethyl adjacent to an activating group) is 2. The summed E-state index contributed by atoms with van der Waals surface area (Å²) in [6.07, 6.45) is 5.14. The SMILES string of the molecule is CN/C(=C\N)C1=CC(NC)N=CN1. The van der Waals surface area contributed by atoms with Gasteiger partial charge < -0.3 is 16.4 Å². The summed E-state index contributed by atoms with van der Waals surface area (Å²) < 4.78 is 0. The Morgan fingerprint density at radius 2 is 2.46 bits per heavy atom. The summed E-state index contributed by atoms with van der Waals surface area (Å²) in [5.41, 5.74) is 7.21. The number of aliphatic imine (C=N–C) groups is 1. The number of nitrogens with one attached hydrogen (secondary N) is 3. The quantitative estimate of drug-likeness (QED) is 0.454. The average molecular weight is 181 g/mol. The molecule has 0 radical (unpaired) electrons. The van der Waals surface area contributed by atoms with Crippen LogP contribution < -0.4 is 21.7 Å². The van der Waals surface area contributed by atoms with Crippen molar-refractivity contribution in [1.29, 1.82) is 0 Å². The first-order chi connectivity index (χ1) is 6.31. The van der Waals surface area contributed by atoms with Gasteiger partial charge in [0, 0.05) is 13.2 Å². The van der Waals surface area contributed by atoms with Crippen LogP contribution in [0.25, 0.3) is 0 Å². The summed E-state index contributed by atoms with van der Waals surface area (Å²) >= 11 is 0. The molecule has 1 heterocycles. The Bertz CT molecular complexity index is 253. The van der Waals surface area contributed by atoms with Crippen LogP contribution in [0.15, 0.2) is 28.7 Å². The lowest BCUT2D eigenvalue weighted by atomic mass is 10.2. The first-order valence-electron chi connectivity index (χ1n) is 4.09. The van der Waals surface area contributed by atoms with E-state index in [0.717, 1.165) is 11.4 Å². The van der Waals surface area contributed by atoms with Crippen molar-refractivity contribution in [2.75, 3.05) is 14.1 Å². The fraction of sp³-hybridized carbons (Fsp3) is 0.375. The van der Waals surface area contributed by atoms with Crippen LogP contribution in [-0.2, 0) is 0 Å². The molecular formula is C8H15N5. The zero-order chi connectivity index (χ0) is 9.68. The molecule has 1 unspecified atom stereocenters. The van der Waals surface area contributed by atoms with Crippen molar-refractivity contribution in [1.82, 2.24) is 16.0 Å². The Kier molecular flexibility index (Phi) is 3.33. The second-order valence-electron chi connectivity index (χ2n) is 2.57. The van der Waals surface area contributed by atoms with Crippen LogP contribution in [0.3, 0.4) is 0 Å². The number of rotatable bonds is 3. The van der Waals surface area contributed by atoms with Crippen molar-refractivity contribution >= 4 is 6.34 Å². The van der Waals surface area contributed by atoms with Gasteiger partial charge in [-0.25, -0.2) is 0 Å². The fourth-order valence-electron chi connectivity index (χ4n) is 1.07. The maximum Gasteiger partial charge on any atom is 0.122 e. The van der Waals surface area contributed by atoms with Crippen LogP contribution in [-0.4, -0.2) is 26.6 Å². The van der Waals surface area contributed by atoms with Crippen molar-refractivity contribution in [3.8, 4) is 0 Å². The summed E-state index contributed by atoms with van der Waals surface area (Å²) in [5.74, 6) is 0. The van der Waals surface area contributed by atoms with Crippen LogP contribution in [0.4, 0.5) is 0 Å². The standard InChI is InChI=1S/C8H15N5/c1-10-7(4-9)6-3-8(11-2)13-5-12-6/h3-5,8,10-11H,9H2,1-2H3,(H,12,13)/b7-4-. The predicted molar refractivity (Wildman–Crippen MR) is 53.9 cm³/mol. The van der Waals surface area contributed by atoms with Crippen LogP contribution in [0, 0.1) is 0 Å². The molecule has 1 aliphatic heterocycles. The second kappa shape index (κ2) is 4.51. The van der Waals surface area contributed by atoms with Crippen molar-refractivity contribution < 1.29 is 0 Å². The van der Waals surface area contributed by atoms with Gasteiger partial charge in [0.2, 0.25) is 0 Å². The summed E-state index contributed by atoms with van der Waals surface area (Å²) in [7, 11) is 3.67. The van der Waals surface area contributed by atoms with Gasteiger partial charge in [0.15, 0.2) is 0 Å². The van der Waals surface area contributed by atoms with Crippen molar-refractivity contribution in [3.63, 3.8) is 0 Å². The molecular weight excluding hydrogens is 166 g/mol. The first kappa shape index (κ1) is 9.60. The summed E-state index contributed by atoms with van der Waals surface area (Å²) in [4.78, 5) is 4.13. The minimum atomic E-state index is 0.0135. The lowest BCUT2D eigenvalue weighted by Crippen LogP contribution is -2.31.